The van der Waals surface area contributed by atoms with Crippen LogP contribution in [0.5, 0.6) is 0 Å². The van der Waals surface area contributed by atoms with E-state index in [1.165, 1.54) is 6.07 Å². The van der Waals surface area contributed by atoms with Gasteiger partial charge in [0.2, 0.25) is 5.09 Å². The Morgan fingerprint density at radius 1 is 1.62 bits per heavy atom. The van der Waals surface area contributed by atoms with Gasteiger partial charge in [-0.25, -0.2) is 8.42 Å². The van der Waals surface area contributed by atoms with Crippen molar-refractivity contribution in [1.29, 1.82) is 0 Å². The normalized spacial score (nSPS) is 11.1. The molecule has 0 aliphatic rings. The second-order valence-electron chi connectivity index (χ2n) is 2.35. The van der Waals surface area contributed by atoms with Gasteiger partial charge in [0.25, 0.3) is 0 Å². The molecule has 0 radical (unpaired) electrons. The first-order valence-electron chi connectivity index (χ1n) is 3.54. The van der Waals surface area contributed by atoms with E-state index in [0.717, 1.165) is 12.3 Å². The molecular formula is C6H6N3NaO4S2. The molecule has 1 heterocycles. The van der Waals surface area contributed by atoms with Crippen LogP contribution >= 0.6 is 12.2 Å². The van der Waals surface area contributed by atoms with E-state index >= 15 is 0 Å². The summed E-state index contributed by atoms with van der Waals surface area (Å²) >= 11 is 4.45. The van der Waals surface area contributed by atoms with Gasteiger partial charge in [-0.15, -0.1) is 0 Å². The van der Waals surface area contributed by atoms with Gasteiger partial charge < -0.3 is 14.7 Å². The predicted molar refractivity (Wildman–Crippen MR) is 54.2 cm³/mol. The summed E-state index contributed by atoms with van der Waals surface area (Å²) in [5.74, 6) is 0.0909. The third-order valence-corrected chi connectivity index (χ3v) is 2.02. The monoisotopic (exact) mass is 271 g/mol. The molecule has 0 aromatic carbocycles. The molecule has 0 atom stereocenters. The minimum Gasteiger partial charge on any atom is -0.742 e. The summed E-state index contributed by atoms with van der Waals surface area (Å²) in [6.45, 7) is 0. The minimum atomic E-state index is -4.57. The van der Waals surface area contributed by atoms with Crippen LogP contribution in [0.1, 0.15) is 5.76 Å². The van der Waals surface area contributed by atoms with Crippen LogP contribution in [0, 0.1) is 0 Å². The number of rotatable bonds is 3. The Hall–Kier alpha value is -0.450. The number of nitrogens with one attached hydrogen (secondary N) is 1. The van der Waals surface area contributed by atoms with E-state index in [1.807, 2.05) is 0 Å². The second-order valence-corrected chi connectivity index (χ2v) is 4.10. The fraction of sp³-hybridized carbons (Fsp3) is 0. The first kappa shape index (κ1) is 15.6. The van der Waals surface area contributed by atoms with E-state index in [4.69, 9.17) is 5.73 Å². The summed E-state index contributed by atoms with van der Waals surface area (Å²) in [4.78, 5) is 0. The molecule has 16 heavy (non-hydrogen) atoms. The van der Waals surface area contributed by atoms with Crippen LogP contribution in [0.4, 0.5) is 0 Å². The maximum absolute atomic E-state index is 10.5. The molecule has 10 heteroatoms. The van der Waals surface area contributed by atoms with Gasteiger partial charge in [-0.1, -0.05) is 0 Å². The fourth-order valence-electron chi connectivity index (χ4n) is 0.698. The Labute approximate surface area is 119 Å². The van der Waals surface area contributed by atoms with Gasteiger partial charge >= 0.3 is 29.6 Å². The molecule has 82 valence electrons. The fourth-order valence-corrected chi connectivity index (χ4v) is 1.18. The van der Waals surface area contributed by atoms with Crippen LogP contribution in [0.2, 0.25) is 0 Å². The van der Waals surface area contributed by atoms with Crippen LogP contribution in [0.15, 0.2) is 26.7 Å². The zero-order chi connectivity index (χ0) is 11.5. The molecule has 1 aromatic rings. The molecule has 0 bridgehead atoms. The van der Waals surface area contributed by atoms with Crippen LogP contribution in [-0.4, -0.2) is 24.3 Å². The van der Waals surface area contributed by atoms with Crippen molar-refractivity contribution in [1.82, 2.24) is 5.43 Å². The van der Waals surface area contributed by atoms with Crippen LogP contribution in [0.3, 0.4) is 0 Å². The molecular weight excluding hydrogens is 265 g/mol. The zero-order valence-corrected chi connectivity index (χ0v) is 11.8. The van der Waals surface area contributed by atoms with Crippen molar-refractivity contribution in [3.05, 3.63) is 17.9 Å². The Bertz CT molecular complexity index is 496. The third kappa shape index (κ3) is 5.05. The van der Waals surface area contributed by atoms with Gasteiger partial charge in [-0.05, 0) is 24.4 Å². The van der Waals surface area contributed by atoms with Crippen molar-refractivity contribution in [3.8, 4) is 0 Å². The average Bonchev–Trinajstić information content (AvgIpc) is 2.51. The Balaban J connectivity index is 0.00000225. The van der Waals surface area contributed by atoms with Crippen molar-refractivity contribution in [3.63, 3.8) is 0 Å². The predicted octanol–water partition coefficient (Wildman–Crippen LogP) is -3.65. The van der Waals surface area contributed by atoms with Gasteiger partial charge in [-0.2, -0.15) is 5.10 Å². The molecule has 0 amide bonds. The Morgan fingerprint density at radius 3 is 2.69 bits per heavy atom. The molecule has 0 spiro atoms. The van der Waals surface area contributed by atoms with Crippen molar-refractivity contribution in [2.45, 2.75) is 5.09 Å². The van der Waals surface area contributed by atoms with Gasteiger partial charge in [0.1, 0.15) is 5.76 Å². The first-order valence-corrected chi connectivity index (χ1v) is 5.35. The van der Waals surface area contributed by atoms with E-state index in [-0.39, 0.29) is 40.4 Å². The SMILES string of the molecule is NC(=S)N/N=C\c1ccc(S(=O)(=O)[O-])o1.[Na+]. The smallest absolute Gasteiger partial charge is 0.742 e. The van der Waals surface area contributed by atoms with Crippen molar-refractivity contribution >= 4 is 33.7 Å². The maximum Gasteiger partial charge on any atom is 1.00 e. The van der Waals surface area contributed by atoms with Crippen molar-refractivity contribution < 1.29 is 46.9 Å². The summed E-state index contributed by atoms with van der Waals surface area (Å²) in [5, 5.41) is 2.79. The second kappa shape index (κ2) is 6.33. The average molecular weight is 271 g/mol. The van der Waals surface area contributed by atoms with E-state index in [2.05, 4.69) is 27.2 Å². The summed E-state index contributed by atoms with van der Waals surface area (Å²) in [6, 6.07) is 2.31. The number of nitrogens with two attached hydrogens (primary N) is 1. The summed E-state index contributed by atoms with van der Waals surface area (Å²) < 4.78 is 36.1. The minimum absolute atomic E-state index is 0. The molecule has 1 aromatic heterocycles. The quantitative estimate of drug-likeness (QED) is 0.191. The van der Waals surface area contributed by atoms with Crippen molar-refractivity contribution in [2.75, 3.05) is 0 Å². The van der Waals surface area contributed by atoms with Crippen molar-refractivity contribution in [2.24, 2.45) is 10.8 Å². The largest absolute Gasteiger partial charge is 1.00 e. The summed E-state index contributed by atoms with van der Waals surface area (Å²) in [6.07, 6.45) is 1.13. The van der Waals surface area contributed by atoms with Gasteiger partial charge in [0.15, 0.2) is 15.2 Å². The summed E-state index contributed by atoms with van der Waals surface area (Å²) in [7, 11) is -4.57. The van der Waals surface area contributed by atoms with E-state index in [9.17, 15) is 13.0 Å². The van der Waals surface area contributed by atoms with E-state index < -0.39 is 15.2 Å². The topological polar surface area (TPSA) is 121 Å². The maximum atomic E-state index is 10.5. The number of hydrogen-bond acceptors (Lipinski definition) is 6. The van der Waals surface area contributed by atoms with Crippen LogP contribution in [-0.2, 0) is 10.1 Å². The number of nitrogens with zero attached hydrogens (tertiary/aromatic N) is 1. The van der Waals surface area contributed by atoms with Gasteiger partial charge in [-0.3, -0.25) is 5.43 Å². The molecule has 7 nitrogen and oxygen atoms in total. The molecule has 0 aliphatic heterocycles. The molecule has 1 rings (SSSR count). The zero-order valence-electron chi connectivity index (χ0n) is 8.21. The summed E-state index contributed by atoms with van der Waals surface area (Å²) in [5.41, 5.74) is 7.29. The number of hydrazone groups is 1. The molecule has 0 unspecified atom stereocenters. The standard InChI is InChI=1S/C6H7N3O4S2.Na/c7-6(14)9-8-3-4-1-2-5(13-4)15(10,11)12;/h1-3H,(H3,7,9,14)(H,10,11,12);/q;+1/p-1/b8-3-;. The van der Waals surface area contributed by atoms with Crippen LogP contribution in [0.25, 0.3) is 0 Å². The van der Waals surface area contributed by atoms with E-state index in [1.54, 1.807) is 0 Å². The van der Waals surface area contributed by atoms with Gasteiger partial charge in [0.05, 0.1) is 6.21 Å². The first-order chi connectivity index (χ1) is 6.89. The van der Waals surface area contributed by atoms with Crippen LogP contribution < -0.4 is 40.7 Å². The number of furan rings is 1. The Morgan fingerprint density at radius 2 is 2.25 bits per heavy atom. The molecule has 3 N–H and O–H groups in total. The number of hydrogen-bond donors (Lipinski definition) is 2. The third-order valence-electron chi connectivity index (χ3n) is 1.22. The Kier molecular flexibility index (Phi) is 6.15. The molecule has 0 aliphatic carbocycles. The number of thiocarbonyl (C=S) groups is 1. The molecule has 0 fully saturated rings. The molecule has 0 saturated carbocycles. The molecule has 0 saturated heterocycles. The van der Waals surface area contributed by atoms with E-state index in [0.29, 0.717) is 0 Å². The van der Waals surface area contributed by atoms with Gasteiger partial charge in [0, 0.05) is 0 Å².